The Morgan fingerprint density at radius 3 is 2.85 bits per heavy atom. The van der Waals surface area contributed by atoms with Gasteiger partial charge in [-0.05, 0) is 60.1 Å². The molecule has 2 bridgehead atoms. The second-order valence-electron chi connectivity index (χ2n) is 6.26. The third-order valence-electron chi connectivity index (χ3n) is 5.05. The molecule has 0 amide bonds. The number of benzene rings is 1. The maximum atomic E-state index is 6.01. The van der Waals surface area contributed by atoms with E-state index in [9.17, 15) is 0 Å². The SMILES string of the molecule is Cc1ccc(-c2nnnn2C2CC3CCC2C3)cc1N. The molecule has 2 aliphatic carbocycles. The lowest BCUT2D eigenvalue weighted by molar-refractivity contribution is 0.304. The first kappa shape index (κ1) is 11.9. The van der Waals surface area contributed by atoms with Crippen LogP contribution in [-0.2, 0) is 0 Å². The lowest BCUT2D eigenvalue weighted by Gasteiger charge is -2.22. The molecule has 20 heavy (non-hydrogen) atoms. The number of fused-ring (bicyclic) bond motifs is 2. The molecule has 0 radical (unpaired) electrons. The van der Waals surface area contributed by atoms with Crippen LogP contribution in [0, 0.1) is 18.8 Å². The van der Waals surface area contributed by atoms with Crippen LogP contribution in [0.15, 0.2) is 18.2 Å². The fourth-order valence-corrected chi connectivity index (χ4v) is 3.90. The monoisotopic (exact) mass is 269 g/mol. The smallest absolute Gasteiger partial charge is 0.182 e. The lowest BCUT2D eigenvalue weighted by atomic mass is 9.95. The van der Waals surface area contributed by atoms with Crippen molar-refractivity contribution in [2.24, 2.45) is 11.8 Å². The molecule has 1 aromatic carbocycles. The quantitative estimate of drug-likeness (QED) is 0.851. The summed E-state index contributed by atoms with van der Waals surface area (Å²) in [6.45, 7) is 2.01. The molecule has 1 aromatic heterocycles. The van der Waals surface area contributed by atoms with E-state index in [0.29, 0.717) is 6.04 Å². The second kappa shape index (κ2) is 4.30. The zero-order valence-electron chi connectivity index (χ0n) is 11.7. The number of aryl methyl sites for hydroxylation is 1. The van der Waals surface area contributed by atoms with Crippen LogP contribution in [0.1, 0.15) is 37.3 Å². The topological polar surface area (TPSA) is 69.6 Å². The zero-order chi connectivity index (χ0) is 13.7. The van der Waals surface area contributed by atoms with Crippen molar-refractivity contribution in [1.82, 2.24) is 20.2 Å². The summed E-state index contributed by atoms with van der Waals surface area (Å²) in [5.41, 5.74) is 8.91. The molecule has 2 aliphatic rings. The molecular weight excluding hydrogens is 250 g/mol. The number of tetrazole rings is 1. The average Bonchev–Trinajstić information content (AvgIpc) is 3.16. The molecule has 2 N–H and O–H groups in total. The molecule has 1 heterocycles. The van der Waals surface area contributed by atoms with Gasteiger partial charge in [-0.25, -0.2) is 4.68 Å². The van der Waals surface area contributed by atoms with Gasteiger partial charge in [-0.2, -0.15) is 0 Å². The molecule has 4 rings (SSSR count). The Hall–Kier alpha value is -1.91. The van der Waals surface area contributed by atoms with Gasteiger partial charge >= 0.3 is 0 Å². The van der Waals surface area contributed by atoms with Crippen LogP contribution in [0.25, 0.3) is 11.4 Å². The standard InChI is InChI=1S/C15H19N5/c1-9-2-4-12(8-13(9)16)15-17-18-19-20(15)14-7-10-3-5-11(14)6-10/h2,4,8,10-11,14H,3,5-7,16H2,1H3. The van der Waals surface area contributed by atoms with Crippen molar-refractivity contribution in [1.29, 1.82) is 0 Å². The van der Waals surface area contributed by atoms with Crippen molar-refractivity contribution < 1.29 is 0 Å². The third kappa shape index (κ3) is 1.72. The number of aromatic nitrogens is 4. The van der Waals surface area contributed by atoms with Gasteiger partial charge in [0.25, 0.3) is 0 Å². The van der Waals surface area contributed by atoms with Crippen molar-refractivity contribution in [3.63, 3.8) is 0 Å². The number of hydrogen-bond donors (Lipinski definition) is 1. The van der Waals surface area contributed by atoms with E-state index >= 15 is 0 Å². The summed E-state index contributed by atoms with van der Waals surface area (Å²) in [6.07, 6.45) is 5.28. The Bertz CT molecular complexity index is 647. The molecule has 3 atom stereocenters. The average molecular weight is 269 g/mol. The van der Waals surface area contributed by atoms with E-state index in [1.165, 1.54) is 25.7 Å². The van der Waals surface area contributed by atoms with E-state index in [0.717, 1.165) is 34.5 Å². The molecule has 2 fully saturated rings. The summed E-state index contributed by atoms with van der Waals surface area (Å²) in [5, 5.41) is 12.4. The minimum atomic E-state index is 0.473. The molecule has 3 unspecified atom stereocenters. The van der Waals surface area contributed by atoms with Crippen LogP contribution < -0.4 is 5.73 Å². The fraction of sp³-hybridized carbons (Fsp3) is 0.533. The highest BCUT2D eigenvalue weighted by Crippen LogP contribution is 2.51. The summed E-state index contributed by atoms with van der Waals surface area (Å²) in [6, 6.07) is 6.54. The van der Waals surface area contributed by atoms with Crippen molar-refractivity contribution in [3.8, 4) is 11.4 Å². The van der Waals surface area contributed by atoms with Crippen molar-refractivity contribution in [3.05, 3.63) is 23.8 Å². The highest BCUT2D eigenvalue weighted by atomic mass is 15.6. The number of hydrogen-bond acceptors (Lipinski definition) is 4. The van der Waals surface area contributed by atoms with Gasteiger partial charge in [-0.3, -0.25) is 0 Å². The van der Waals surface area contributed by atoms with Crippen LogP contribution in [0.4, 0.5) is 5.69 Å². The first-order chi connectivity index (χ1) is 9.72. The maximum absolute atomic E-state index is 6.01. The Kier molecular flexibility index (Phi) is 2.55. The van der Waals surface area contributed by atoms with Gasteiger partial charge in [0.2, 0.25) is 0 Å². The number of rotatable bonds is 2. The van der Waals surface area contributed by atoms with Crippen LogP contribution in [-0.4, -0.2) is 20.2 Å². The molecule has 0 spiro atoms. The van der Waals surface area contributed by atoms with Gasteiger partial charge in [0.1, 0.15) is 0 Å². The summed E-state index contributed by atoms with van der Waals surface area (Å²) >= 11 is 0. The Morgan fingerprint density at radius 1 is 1.25 bits per heavy atom. The van der Waals surface area contributed by atoms with Crippen molar-refractivity contribution in [2.45, 2.75) is 38.6 Å². The Morgan fingerprint density at radius 2 is 2.15 bits per heavy atom. The van der Waals surface area contributed by atoms with Crippen molar-refractivity contribution in [2.75, 3.05) is 5.73 Å². The Labute approximate surface area is 118 Å². The minimum absolute atomic E-state index is 0.473. The van der Waals surface area contributed by atoms with Gasteiger partial charge < -0.3 is 5.73 Å². The minimum Gasteiger partial charge on any atom is -0.398 e. The second-order valence-corrected chi connectivity index (χ2v) is 6.26. The number of anilines is 1. The summed E-state index contributed by atoms with van der Waals surface area (Å²) in [4.78, 5) is 0. The highest BCUT2D eigenvalue weighted by Gasteiger charge is 2.42. The lowest BCUT2D eigenvalue weighted by Crippen LogP contribution is -2.18. The zero-order valence-corrected chi connectivity index (χ0v) is 11.7. The van der Waals surface area contributed by atoms with Crippen LogP contribution in [0.5, 0.6) is 0 Å². The largest absolute Gasteiger partial charge is 0.398 e. The summed E-state index contributed by atoms with van der Waals surface area (Å²) in [7, 11) is 0. The first-order valence-electron chi connectivity index (χ1n) is 7.36. The van der Waals surface area contributed by atoms with Crippen LogP contribution in [0.2, 0.25) is 0 Å². The number of nitrogen functional groups attached to an aromatic ring is 1. The van der Waals surface area contributed by atoms with Gasteiger partial charge in [0.05, 0.1) is 6.04 Å². The molecule has 0 aliphatic heterocycles. The maximum Gasteiger partial charge on any atom is 0.182 e. The van der Waals surface area contributed by atoms with Gasteiger partial charge in [0.15, 0.2) is 5.82 Å². The molecule has 0 saturated heterocycles. The van der Waals surface area contributed by atoms with Gasteiger partial charge in [-0.1, -0.05) is 18.6 Å². The van der Waals surface area contributed by atoms with Crippen LogP contribution in [0.3, 0.4) is 0 Å². The first-order valence-corrected chi connectivity index (χ1v) is 7.36. The van der Waals surface area contributed by atoms with Crippen LogP contribution >= 0.6 is 0 Å². The normalized spacial score (nSPS) is 28.1. The molecule has 2 aromatic rings. The van der Waals surface area contributed by atoms with E-state index in [2.05, 4.69) is 21.6 Å². The molecular formula is C15H19N5. The third-order valence-corrected chi connectivity index (χ3v) is 5.05. The van der Waals surface area contributed by atoms with E-state index in [4.69, 9.17) is 5.73 Å². The van der Waals surface area contributed by atoms with E-state index in [1.807, 2.05) is 23.7 Å². The fourth-order valence-electron chi connectivity index (χ4n) is 3.90. The van der Waals surface area contributed by atoms with E-state index in [-0.39, 0.29) is 0 Å². The molecule has 104 valence electrons. The molecule has 5 heteroatoms. The predicted molar refractivity (Wildman–Crippen MR) is 76.9 cm³/mol. The number of nitrogens with zero attached hydrogens (tertiary/aromatic N) is 4. The van der Waals surface area contributed by atoms with Gasteiger partial charge in [-0.15, -0.1) is 5.10 Å². The molecule has 5 nitrogen and oxygen atoms in total. The molecule has 2 saturated carbocycles. The van der Waals surface area contributed by atoms with Gasteiger partial charge in [0, 0.05) is 11.3 Å². The van der Waals surface area contributed by atoms with E-state index in [1.54, 1.807) is 0 Å². The van der Waals surface area contributed by atoms with Crippen molar-refractivity contribution >= 4 is 5.69 Å². The number of nitrogens with two attached hydrogens (primary N) is 1. The summed E-state index contributed by atoms with van der Waals surface area (Å²) in [5.74, 6) is 2.49. The highest BCUT2D eigenvalue weighted by molar-refractivity contribution is 5.63. The Balaban J connectivity index is 1.73. The van der Waals surface area contributed by atoms with E-state index < -0.39 is 0 Å². The summed E-state index contributed by atoms with van der Waals surface area (Å²) < 4.78 is 2.04. The predicted octanol–water partition coefficient (Wildman–Crippen LogP) is 2.59.